The maximum Gasteiger partial charge on any atom is 0.327 e. The van der Waals surface area contributed by atoms with Gasteiger partial charge in [0, 0.05) is 12.7 Å². The quantitative estimate of drug-likeness (QED) is 0.819. The second kappa shape index (κ2) is 7.40. The summed E-state index contributed by atoms with van der Waals surface area (Å²) in [6, 6.07) is 14.8. The van der Waals surface area contributed by atoms with Crippen LogP contribution in [0.5, 0.6) is 0 Å². The van der Waals surface area contributed by atoms with Crippen molar-refractivity contribution in [2.45, 2.75) is 19.5 Å². The minimum Gasteiger partial charge on any atom is -0.465 e. The lowest BCUT2D eigenvalue weighted by atomic mass is 10.1. The number of esters is 1. The van der Waals surface area contributed by atoms with Gasteiger partial charge in [0.2, 0.25) is 0 Å². The van der Waals surface area contributed by atoms with E-state index >= 15 is 0 Å². The number of nitrogens with zero attached hydrogens (tertiary/aromatic N) is 1. The van der Waals surface area contributed by atoms with Gasteiger partial charge < -0.3 is 4.74 Å². The van der Waals surface area contributed by atoms with Crippen LogP contribution in [0.3, 0.4) is 0 Å². The summed E-state index contributed by atoms with van der Waals surface area (Å²) in [7, 11) is 0. The highest BCUT2D eigenvalue weighted by Gasteiger charge is 2.21. The van der Waals surface area contributed by atoms with Gasteiger partial charge in [0.15, 0.2) is 0 Å². The number of hydrogen-bond donors (Lipinski definition) is 1. The van der Waals surface area contributed by atoms with Crippen molar-refractivity contribution in [2.24, 2.45) is 0 Å². The zero-order chi connectivity index (χ0) is 14.2. The molecule has 0 spiro atoms. The fourth-order valence-electron chi connectivity index (χ4n) is 1.92. The van der Waals surface area contributed by atoms with Crippen molar-refractivity contribution >= 4 is 5.97 Å². The first-order valence-corrected chi connectivity index (χ1v) is 6.66. The van der Waals surface area contributed by atoms with Crippen LogP contribution in [-0.2, 0) is 16.1 Å². The van der Waals surface area contributed by atoms with Crippen molar-refractivity contribution < 1.29 is 9.53 Å². The van der Waals surface area contributed by atoms with Crippen LogP contribution in [0.2, 0.25) is 0 Å². The highest BCUT2D eigenvalue weighted by Crippen LogP contribution is 2.15. The van der Waals surface area contributed by atoms with Crippen LogP contribution in [-0.4, -0.2) is 17.6 Å². The number of hydrogen-bond acceptors (Lipinski definition) is 4. The maximum absolute atomic E-state index is 12.1. The molecule has 1 unspecified atom stereocenters. The summed E-state index contributed by atoms with van der Waals surface area (Å²) in [5.41, 5.74) is 1.78. The highest BCUT2D eigenvalue weighted by molar-refractivity contribution is 5.77. The molecule has 0 aliphatic carbocycles. The minimum absolute atomic E-state index is 0.269. The van der Waals surface area contributed by atoms with Crippen molar-refractivity contribution in [3.05, 3.63) is 66.0 Å². The highest BCUT2D eigenvalue weighted by atomic mass is 16.5. The molecule has 0 radical (unpaired) electrons. The van der Waals surface area contributed by atoms with E-state index in [1.165, 1.54) is 0 Å². The van der Waals surface area contributed by atoms with Gasteiger partial charge >= 0.3 is 5.97 Å². The van der Waals surface area contributed by atoms with Gasteiger partial charge in [-0.05, 0) is 24.6 Å². The molecule has 0 aliphatic heterocycles. The van der Waals surface area contributed by atoms with E-state index in [2.05, 4.69) is 10.3 Å². The lowest BCUT2D eigenvalue weighted by Crippen LogP contribution is -2.30. The first kappa shape index (κ1) is 14.2. The number of carbonyl (C=O) groups is 1. The van der Waals surface area contributed by atoms with Crippen molar-refractivity contribution in [3.8, 4) is 0 Å². The predicted molar refractivity (Wildman–Crippen MR) is 76.9 cm³/mol. The van der Waals surface area contributed by atoms with Gasteiger partial charge in [-0.1, -0.05) is 36.4 Å². The first-order valence-electron chi connectivity index (χ1n) is 6.66. The third kappa shape index (κ3) is 3.90. The van der Waals surface area contributed by atoms with Gasteiger partial charge in [-0.3, -0.25) is 10.3 Å². The molecule has 0 amide bonds. The second-order valence-electron chi connectivity index (χ2n) is 4.30. The van der Waals surface area contributed by atoms with Crippen LogP contribution in [0.15, 0.2) is 54.7 Å². The molecule has 2 rings (SSSR count). The smallest absolute Gasteiger partial charge is 0.327 e. The fourth-order valence-corrected chi connectivity index (χ4v) is 1.92. The number of aromatic nitrogens is 1. The van der Waals surface area contributed by atoms with Crippen molar-refractivity contribution in [3.63, 3.8) is 0 Å². The Balaban J connectivity index is 2.09. The van der Waals surface area contributed by atoms with E-state index in [4.69, 9.17) is 4.74 Å². The Hall–Kier alpha value is -2.20. The van der Waals surface area contributed by atoms with Gasteiger partial charge in [-0.25, -0.2) is 4.79 Å². The molecule has 0 aliphatic rings. The van der Waals surface area contributed by atoms with Crippen molar-refractivity contribution in [1.29, 1.82) is 0 Å². The van der Waals surface area contributed by atoms with E-state index < -0.39 is 6.04 Å². The Morgan fingerprint density at radius 1 is 1.20 bits per heavy atom. The summed E-state index contributed by atoms with van der Waals surface area (Å²) in [6.45, 7) is 2.69. The molecule has 1 aromatic heterocycles. The number of benzene rings is 1. The van der Waals surface area contributed by atoms with E-state index in [1.807, 2.05) is 48.5 Å². The Kier molecular flexibility index (Phi) is 5.26. The molecule has 20 heavy (non-hydrogen) atoms. The minimum atomic E-state index is -0.474. The normalized spacial score (nSPS) is 11.8. The van der Waals surface area contributed by atoms with E-state index in [9.17, 15) is 4.79 Å². The molecule has 1 heterocycles. The van der Waals surface area contributed by atoms with E-state index in [0.717, 1.165) is 11.3 Å². The van der Waals surface area contributed by atoms with Crippen molar-refractivity contribution in [1.82, 2.24) is 10.3 Å². The summed E-state index contributed by atoms with van der Waals surface area (Å²) in [5, 5.41) is 3.20. The first-order chi connectivity index (χ1) is 9.81. The van der Waals surface area contributed by atoms with Gasteiger partial charge in [0.05, 0.1) is 12.3 Å². The summed E-state index contributed by atoms with van der Waals surface area (Å²) in [5.74, 6) is -0.269. The van der Waals surface area contributed by atoms with Crippen molar-refractivity contribution in [2.75, 3.05) is 6.61 Å². The topological polar surface area (TPSA) is 51.2 Å². The summed E-state index contributed by atoms with van der Waals surface area (Å²) in [6.07, 6.45) is 1.74. The molecule has 4 heteroatoms. The third-order valence-corrected chi connectivity index (χ3v) is 2.87. The number of nitrogens with one attached hydrogen (secondary N) is 1. The maximum atomic E-state index is 12.1. The molecule has 2 aromatic rings. The molecule has 1 aromatic carbocycles. The Morgan fingerprint density at radius 3 is 2.60 bits per heavy atom. The molecule has 0 saturated carbocycles. The molecule has 104 valence electrons. The van der Waals surface area contributed by atoms with Crippen LogP contribution >= 0.6 is 0 Å². The van der Waals surface area contributed by atoms with E-state index in [-0.39, 0.29) is 5.97 Å². The second-order valence-corrected chi connectivity index (χ2v) is 4.30. The lowest BCUT2D eigenvalue weighted by Gasteiger charge is -2.17. The molecule has 1 N–H and O–H groups in total. The predicted octanol–water partition coefficient (Wildman–Crippen LogP) is 2.48. The Morgan fingerprint density at radius 2 is 1.95 bits per heavy atom. The summed E-state index contributed by atoms with van der Waals surface area (Å²) < 4.78 is 5.13. The molecular weight excluding hydrogens is 252 g/mol. The lowest BCUT2D eigenvalue weighted by molar-refractivity contribution is -0.145. The standard InChI is InChI=1S/C16H18N2O2/c1-2-20-16(19)15(13-8-4-3-5-9-13)18-12-14-10-6-7-11-17-14/h3-11,15,18H,2,12H2,1H3. The largest absolute Gasteiger partial charge is 0.465 e. The molecule has 4 nitrogen and oxygen atoms in total. The average Bonchev–Trinajstić information content (AvgIpc) is 2.50. The Bertz CT molecular complexity index is 529. The van der Waals surface area contributed by atoms with Gasteiger partial charge in [0.1, 0.15) is 6.04 Å². The van der Waals surface area contributed by atoms with E-state index in [0.29, 0.717) is 13.2 Å². The molecule has 0 bridgehead atoms. The number of carbonyl (C=O) groups excluding carboxylic acids is 1. The van der Waals surface area contributed by atoms with Crippen LogP contribution in [0.1, 0.15) is 24.2 Å². The monoisotopic (exact) mass is 270 g/mol. The molecule has 0 fully saturated rings. The Labute approximate surface area is 118 Å². The number of rotatable bonds is 6. The van der Waals surface area contributed by atoms with E-state index in [1.54, 1.807) is 13.1 Å². The SMILES string of the molecule is CCOC(=O)C(NCc1ccccn1)c1ccccc1. The van der Waals surface area contributed by atoms with Gasteiger partial charge in [-0.15, -0.1) is 0 Å². The average molecular weight is 270 g/mol. The van der Waals surface area contributed by atoms with Gasteiger partial charge in [-0.2, -0.15) is 0 Å². The zero-order valence-corrected chi connectivity index (χ0v) is 11.5. The molecular formula is C16H18N2O2. The molecule has 0 saturated heterocycles. The van der Waals surface area contributed by atoms with Crippen LogP contribution < -0.4 is 5.32 Å². The third-order valence-electron chi connectivity index (χ3n) is 2.87. The van der Waals surface area contributed by atoms with Crippen LogP contribution in [0, 0.1) is 0 Å². The number of ether oxygens (including phenoxy) is 1. The van der Waals surface area contributed by atoms with Crippen LogP contribution in [0.25, 0.3) is 0 Å². The summed E-state index contributed by atoms with van der Waals surface area (Å²) >= 11 is 0. The zero-order valence-electron chi connectivity index (χ0n) is 11.5. The molecule has 1 atom stereocenters. The number of pyridine rings is 1. The summed E-state index contributed by atoms with van der Waals surface area (Å²) in [4.78, 5) is 16.3. The van der Waals surface area contributed by atoms with Crippen LogP contribution in [0.4, 0.5) is 0 Å². The van der Waals surface area contributed by atoms with Gasteiger partial charge in [0.25, 0.3) is 0 Å². The fraction of sp³-hybridized carbons (Fsp3) is 0.250.